The van der Waals surface area contributed by atoms with Crippen molar-refractivity contribution in [2.75, 3.05) is 13.6 Å². The van der Waals surface area contributed by atoms with Gasteiger partial charge in [0.25, 0.3) is 5.69 Å². The Balaban J connectivity index is 1.87. The highest BCUT2D eigenvalue weighted by Crippen LogP contribution is 2.40. The summed E-state index contributed by atoms with van der Waals surface area (Å²) in [6, 6.07) is 8.93. The Labute approximate surface area is 163 Å². The number of hydrogen-bond donors (Lipinski definition) is 1. The molecular formula is C21H22N2O5. The van der Waals surface area contributed by atoms with Crippen molar-refractivity contribution in [1.82, 2.24) is 4.90 Å². The molecule has 0 saturated carbocycles. The number of allylic oxidation sites excluding steroid dienone is 1. The molecule has 0 amide bonds. The van der Waals surface area contributed by atoms with Crippen molar-refractivity contribution >= 4 is 17.5 Å². The maximum Gasteiger partial charge on any atom is 0.269 e. The summed E-state index contributed by atoms with van der Waals surface area (Å²) in [6.45, 7) is 3.45. The van der Waals surface area contributed by atoms with Crippen molar-refractivity contribution < 1.29 is 19.6 Å². The average molecular weight is 382 g/mol. The van der Waals surface area contributed by atoms with Crippen molar-refractivity contribution in [2.45, 2.75) is 26.3 Å². The Hall–Kier alpha value is -3.19. The molecule has 2 aromatic carbocycles. The van der Waals surface area contributed by atoms with E-state index in [9.17, 15) is 20.0 Å². The van der Waals surface area contributed by atoms with E-state index in [2.05, 4.69) is 11.8 Å². The molecule has 2 aromatic rings. The number of benzene rings is 2. The van der Waals surface area contributed by atoms with Gasteiger partial charge in [-0.2, -0.15) is 0 Å². The zero-order chi connectivity index (χ0) is 20.3. The highest BCUT2D eigenvalue weighted by molar-refractivity contribution is 6.15. The number of Topliss-reactive ketones (excluding diaryl/α,β-unsaturated/α-hetero) is 1. The number of fused-ring (bicyclic) bond motifs is 1. The summed E-state index contributed by atoms with van der Waals surface area (Å²) < 4.78 is 5.81. The predicted octanol–water partition coefficient (Wildman–Crippen LogP) is 4.15. The zero-order valence-electron chi connectivity index (χ0n) is 15.8. The van der Waals surface area contributed by atoms with Gasteiger partial charge < -0.3 is 14.7 Å². The van der Waals surface area contributed by atoms with Gasteiger partial charge in [0.2, 0.25) is 5.78 Å². The number of phenolic OH excluding ortho intramolecular Hbond substituents is 1. The molecule has 1 aliphatic heterocycles. The molecule has 0 aliphatic carbocycles. The molecular weight excluding hydrogens is 360 g/mol. The van der Waals surface area contributed by atoms with Crippen LogP contribution in [0.15, 0.2) is 42.2 Å². The van der Waals surface area contributed by atoms with Crippen molar-refractivity contribution in [3.63, 3.8) is 0 Å². The number of unbranched alkanes of at least 4 members (excludes halogenated alkanes) is 1. The van der Waals surface area contributed by atoms with Crippen LogP contribution >= 0.6 is 0 Å². The number of ether oxygens (including phenoxy) is 1. The Kier molecular flexibility index (Phi) is 5.75. The summed E-state index contributed by atoms with van der Waals surface area (Å²) in [5, 5.41) is 21.1. The van der Waals surface area contributed by atoms with Crippen molar-refractivity contribution in [3.8, 4) is 11.5 Å². The topological polar surface area (TPSA) is 92.9 Å². The number of hydrogen-bond acceptors (Lipinski definition) is 6. The lowest BCUT2D eigenvalue weighted by molar-refractivity contribution is -0.384. The molecule has 0 aromatic heterocycles. The molecule has 1 N–H and O–H groups in total. The molecule has 1 heterocycles. The van der Waals surface area contributed by atoms with E-state index >= 15 is 0 Å². The van der Waals surface area contributed by atoms with Gasteiger partial charge in [-0.05, 0) is 55.9 Å². The van der Waals surface area contributed by atoms with Gasteiger partial charge in [-0.15, -0.1) is 0 Å². The first kappa shape index (κ1) is 19.6. The molecule has 1 aliphatic rings. The minimum Gasteiger partial charge on any atom is -0.507 e. The number of aromatic hydroxyl groups is 1. The fourth-order valence-corrected chi connectivity index (χ4v) is 3.07. The zero-order valence-corrected chi connectivity index (χ0v) is 15.8. The third-order valence-corrected chi connectivity index (χ3v) is 4.64. The van der Waals surface area contributed by atoms with Crippen LogP contribution in [0.5, 0.6) is 11.5 Å². The van der Waals surface area contributed by atoms with E-state index in [1.165, 1.54) is 18.2 Å². The third kappa shape index (κ3) is 4.04. The van der Waals surface area contributed by atoms with Gasteiger partial charge >= 0.3 is 0 Å². The van der Waals surface area contributed by atoms with Gasteiger partial charge in [-0.25, -0.2) is 0 Å². The molecule has 0 saturated heterocycles. The number of non-ortho nitro benzene ring substituents is 1. The van der Waals surface area contributed by atoms with E-state index in [0.29, 0.717) is 29.0 Å². The number of carbonyl (C=O) groups is 1. The molecule has 0 bridgehead atoms. The Morgan fingerprint density at radius 1 is 1.21 bits per heavy atom. The largest absolute Gasteiger partial charge is 0.507 e. The minimum absolute atomic E-state index is 0.0218. The van der Waals surface area contributed by atoms with E-state index in [1.54, 1.807) is 24.3 Å². The minimum atomic E-state index is -0.478. The Morgan fingerprint density at radius 2 is 1.93 bits per heavy atom. The maximum atomic E-state index is 12.7. The SMILES string of the molecule is CCCCN(C)Cc1c(O)ccc2c1O/C(=C/c1ccc([N+](=O)[O-])cc1)C2=O. The number of nitro groups is 1. The number of carbonyl (C=O) groups excluding carboxylic acids is 1. The summed E-state index contributed by atoms with van der Waals surface area (Å²) in [5.41, 5.74) is 1.58. The van der Waals surface area contributed by atoms with Crippen LogP contribution in [-0.2, 0) is 6.54 Å². The van der Waals surface area contributed by atoms with E-state index in [1.807, 2.05) is 7.05 Å². The number of nitro benzene ring substituents is 1. The summed E-state index contributed by atoms with van der Waals surface area (Å²) in [7, 11) is 1.96. The number of rotatable bonds is 7. The van der Waals surface area contributed by atoms with E-state index < -0.39 is 4.92 Å². The molecule has 0 fully saturated rings. The maximum absolute atomic E-state index is 12.7. The van der Waals surface area contributed by atoms with Gasteiger partial charge in [0.05, 0.1) is 16.1 Å². The average Bonchev–Trinajstić information content (AvgIpc) is 2.98. The van der Waals surface area contributed by atoms with Gasteiger partial charge in [0, 0.05) is 18.7 Å². The van der Waals surface area contributed by atoms with Gasteiger partial charge in [0.1, 0.15) is 11.5 Å². The number of phenols is 1. The van der Waals surface area contributed by atoms with Gasteiger partial charge in [-0.3, -0.25) is 14.9 Å². The molecule has 7 heteroatoms. The second-order valence-corrected chi connectivity index (χ2v) is 6.82. The van der Waals surface area contributed by atoms with Crippen LogP contribution in [-0.4, -0.2) is 34.3 Å². The fourth-order valence-electron chi connectivity index (χ4n) is 3.07. The second-order valence-electron chi connectivity index (χ2n) is 6.82. The lowest BCUT2D eigenvalue weighted by Gasteiger charge is -2.18. The monoisotopic (exact) mass is 382 g/mol. The quantitative estimate of drug-likeness (QED) is 0.439. The second kappa shape index (κ2) is 8.22. The van der Waals surface area contributed by atoms with Crippen LogP contribution < -0.4 is 4.74 Å². The Morgan fingerprint density at radius 3 is 2.57 bits per heavy atom. The lowest BCUT2D eigenvalue weighted by atomic mass is 10.0. The molecule has 146 valence electrons. The van der Waals surface area contributed by atoms with E-state index in [-0.39, 0.29) is 23.0 Å². The molecule has 28 heavy (non-hydrogen) atoms. The number of ketones is 1. The highest BCUT2D eigenvalue weighted by atomic mass is 16.6. The molecule has 3 rings (SSSR count). The van der Waals surface area contributed by atoms with Crippen molar-refractivity contribution in [3.05, 3.63) is 69.0 Å². The standard InChI is InChI=1S/C21H22N2O5/c1-3-4-11-22(2)13-17-18(24)10-9-16-20(25)19(28-21(16)17)12-14-5-7-15(8-6-14)23(26)27/h5-10,12,24H,3-4,11,13H2,1-2H3/b19-12+. The normalized spacial score (nSPS) is 14.4. The van der Waals surface area contributed by atoms with E-state index in [0.717, 1.165) is 19.4 Å². The van der Waals surface area contributed by atoms with Crippen LogP contribution in [0, 0.1) is 10.1 Å². The highest BCUT2D eigenvalue weighted by Gasteiger charge is 2.31. The first-order valence-corrected chi connectivity index (χ1v) is 9.12. The Bertz CT molecular complexity index is 935. The first-order chi connectivity index (χ1) is 13.4. The van der Waals surface area contributed by atoms with Gasteiger partial charge in [0.15, 0.2) is 5.76 Å². The molecule has 0 unspecified atom stereocenters. The van der Waals surface area contributed by atoms with Crippen LogP contribution in [0.2, 0.25) is 0 Å². The summed E-state index contributed by atoms with van der Waals surface area (Å²) in [5.74, 6) is 0.325. The molecule has 0 atom stereocenters. The fraction of sp³-hybridized carbons (Fsp3) is 0.286. The predicted molar refractivity (Wildman–Crippen MR) is 105 cm³/mol. The van der Waals surface area contributed by atoms with Crippen LogP contribution in [0.4, 0.5) is 5.69 Å². The van der Waals surface area contributed by atoms with Crippen LogP contribution in [0.25, 0.3) is 6.08 Å². The first-order valence-electron chi connectivity index (χ1n) is 9.12. The summed E-state index contributed by atoms with van der Waals surface area (Å²) in [6.07, 6.45) is 3.66. The summed E-state index contributed by atoms with van der Waals surface area (Å²) >= 11 is 0. The smallest absolute Gasteiger partial charge is 0.269 e. The number of nitrogens with zero attached hydrogens (tertiary/aromatic N) is 2. The molecule has 0 radical (unpaired) electrons. The molecule has 0 spiro atoms. The van der Waals surface area contributed by atoms with Crippen LogP contribution in [0.3, 0.4) is 0 Å². The lowest BCUT2D eigenvalue weighted by Crippen LogP contribution is -2.19. The van der Waals surface area contributed by atoms with E-state index in [4.69, 9.17) is 4.74 Å². The van der Waals surface area contributed by atoms with Crippen LogP contribution in [0.1, 0.15) is 41.3 Å². The molecule has 7 nitrogen and oxygen atoms in total. The summed E-state index contributed by atoms with van der Waals surface area (Å²) in [4.78, 5) is 25.1. The van der Waals surface area contributed by atoms with Gasteiger partial charge in [-0.1, -0.05) is 13.3 Å². The van der Waals surface area contributed by atoms with Crippen molar-refractivity contribution in [1.29, 1.82) is 0 Å². The third-order valence-electron chi connectivity index (χ3n) is 4.64. The van der Waals surface area contributed by atoms with Crippen molar-refractivity contribution in [2.24, 2.45) is 0 Å².